The van der Waals surface area contributed by atoms with E-state index in [0.29, 0.717) is 6.04 Å². The van der Waals surface area contributed by atoms with Crippen LogP contribution in [0.2, 0.25) is 0 Å². The highest BCUT2D eigenvalue weighted by atomic mass is 32.1. The number of thiophene rings is 1. The van der Waals surface area contributed by atoms with Gasteiger partial charge < -0.3 is 5.11 Å². The molecule has 1 N–H and O–H groups in total. The molecule has 1 fully saturated rings. The molecule has 2 atom stereocenters. The average Bonchev–Trinajstić information content (AvgIpc) is 2.96. The Labute approximate surface area is 114 Å². The van der Waals surface area contributed by atoms with Crippen LogP contribution >= 0.6 is 11.3 Å². The van der Waals surface area contributed by atoms with Gasteiger partial charge in [-0.1, -0.05) is 18.8 Å². The zero-order valence-electron chi connectivity index (χ0n) is 11.1. The summed E-state index contributed by atoms with van der Waals surface area (Å²) in [4.78, 5) is 3.94. The quantitative estimate of drug-likeness (QED) is 0.848. The van der Waals surface area contributed by atoms with Crippen molar-refractivity contribution in [1.82, 2.24) is 4.90 Å². The minimum atomic E-state index is -0.0625. The van der Waals surface area contributed by atoms with Crippen molar-refractivity contribution in [1.29, 1.82) is 0 Å². The van der Waals surface area contributed by atoms with Gasteiger partial charge in [0.15, 0.2) is 0 Å². The molecule has 0 aromatic carbocycles. The van der Waals surface area contributed by atoms with Crippen molar-refractivity contribution in [3.8, 4) is 11.8 Å². The standard InChI is InChI=1S/C15H21NOS/c1-3-14-7-6-12(2)16(14)11-15-13(5-4-9-17)8-10-18-15/h8,10,12,14,17H,3,6-7,9,11H2,1-2H3. The third kappa shape index (κ3) is 2.95. The lowest BCUT2D eigenvalue weighted by molar-refractivity contribution is 0.191. The van der Waals surface area contributed by atoms with Gasteiger partial charge in [0, 0.05) is 29.1 Å². The molecule has 2 heterocycles. The Morgan fingerprint density at radius 2 is 2.33 bits per heavy atom. The molecule has 0 amide bonds. The summed E-state index contributed by atoms with van der Waals surface area (Å²) in [5, 5.41) is 10.9. The zero-order valence-corrected chi connectivity index (χ0v) is 12.0. The molecule has 3 heteroatoms. The molecule has 0 saturated carbocycles. The summed E-state index contributed by atoms with van der Waals surface area (Å²) >= 11 is 1.78. The van der Waals surface area contributed by atoms with Gasteiger partial charge in [-0.15, -0.1) is 11.3 Å². The lowest BCUT2D eigenvalue weighted by Gasteiger charge is -2.27. The van der Waals surface area contributed by atoms with E-state index < -0.39 is 0 Å². The summed E-state index contributed by atoms with van der Waals surface area (Å²) in [6.07, 6.45) is 3.86. The van der Waals surface area contributed by atoms with Crippen molar-refractivity contribution >= 4 is 11.3 Å². The number of hydrogen-bond donors (Lipinski definition) is 1. The molecule has 0 aliphatic carbocycles. The monoisotopic (exact) mass is 263 g/mol. The molecule has 98 valence electrons. The maximum Gasteiger partial charge on any atom is 0.104 e. The summed E-state index contributed by atoms with van der Waals surface area (Å²) in [7, 11) is 0. The molecule has 0 spiro atoms. The lowest BCUT2D eigenvalue weighted by Crippen LogP contribution is -2.33. The Kier molecular flexibility index (Phi) is 4.82. The normalized spacial score (nSPS) is 23.9. The summed E-state index contributed by atoms with van der Waals surface area (Å²) in [5.74, 6) is 5.79. The summed E-state index contributed by atoms with van der Waals surface area (Å²) in [6, 6.07) is 3.46. The van der Waals surface area contributed by atoms with Gasteiger partial charge in [-0.25, -0.2) is 0 Å². The maximum atomic E-state index is 8.78. The number of rotatable bonds is 3. The van der Waals surface area contributed by atoms with Gasteiger partial charge in [-0.2, -0.15) is 0 Å². The van der Waals surface area contributed by atoms with Crippen LogP contribution in [0.3, 0.4) is 0 Å². The van der Waals surface area contributed by atoms with Gasteiger partial charge in [-0.3, -0.25) is 4.90 Å². The molecule has 0 bridgehead atoms. The first-order valence-electron chi connectivity index (χ1n) is 6.68. The van der Waals surface area contributed by atoms with E-state index in [2.05, 4.69) is 42.0 Å². The second-order valence-electron chi connectivity index (χ2n) is 4.88. The van der Waals surface area contributed by atoms with Gasteiger partial charge in [0.25, 0.3) is 0 Å². The van der Waals surface area contributed by atoms with Crippen LogP contribution in [-0.2, 0) is 6.54 Å². The maximum absolute atomic E-state index is 8.78. The number of aliphatic hydroxyl groups excluding tert-OH is 1. The lowest BCUT2D eigenvalue weighted by atomic mass is 10.1. The van der Waals surface area contributed by atoms with Crippen LogP contribution in [0.15, 0.2) is 11.4 Å². The molecule has 1 aliphatic rings. The van der Waals surface area contributed by atoms with Gasteiger partial charge in [0.05, 0.1) is 0 Å². The van der Waals surface area contributed by atoms with E-state index in [-0.39, 0.29) is 6.61 Å². The number of nitrogens with zero attached hydrogens (tertiary/aromatic N) is 1. The van der Waals surface area contributed by atoms with Gasteiger partial charge in [-0.05, 0) is 37.6 Å². The Balaban J connectivity index is 2.11. The van der Waals surface area contributed by atoms with Crippen LogP contribution in [0.4, 0.5) is 0 Å². The van der Waals surface area contributed by atoms with E-state index in [1.807, 2.05) is 0 Å². The first kappa shape index (κ1) is 13.6. The van der Waals surface area contributed by atoms with Crippen LogP contribution in [0.1, 0.15) is 43.6 Å². The van der Waals surface area contributed by atoms with E-state index >= 15 is 0 Å². The Bertz CT molecular complexity index is 443. The second-order valence-corrected chi connectivity index (χ2v) is 5.88. The summed E-state index contributed by atoms with van der Waals surface area (Å²) in [5.41, 5.74) is 1.09. The highest BCUT2D eigenvalue weighted by molar-refractivity contribution is 7.10. The van der Waals surface area contributed by atoms with Crippen LogP contribution < -0.4 is 0 Å². The molecule has 2 unspecified atom stereocenters. The molecule has 1 saturated heterocycles. The van der Waals surface area contributed by atoms with Crippen molar-refractivity contribution in [2.45, 2.75) is 51.7 Å². The van der Waals surface area contributed by atoms with Crippen molar-refractivity contribution in [3.63, 3.8) is 0 Å². The zero-order chi connectivity index (χ0) is 13.0. The fraction of sp³-hybridized carbons (Fsp3) is 0.600. The van der Waals surface area contributed by atoms with Crippen molar-refractivity contribution in [2.75, 3.05) is 6.61 Å². The Hall–Kier alpha value is -0.820. The van der Waals surface area contributed by atoms with Gasteiger partial charge >= 0.3 is 0 Å². The highest BCUT2D eigenvalue weighted by Crippen LogP contribution is 2.29. The molecule has 1 aliphatic heterocycles. The minimum Gasteiger partial charge on any atom is -0.384 e. The molecule has 2 rings (SSSR count). The fourth-order valence-corrected chi connectivity index (χ4v) is 3.56. The molecule has 1 aromatic rings. The predicted molar refractivity (Wildman–Crippen MR) is 76.6 cm³/mol. The second kappa shape index (κ2) is 6.38. The summed E-state index contributed by atoms with van der Waals surface area (Å²) < 4.78 is 0. The van der Waals surface area contributed by atoms with Crippen LogP contribution in [-0.4, -0.2) is 28.7 Å². The molecule has 18 heavy (non-hydrogen) atoms. The topological polar surface area (TPSA) is 23.5 Å². The SMILES string of the molecule is CCC1CCC(C)N1Cc1sccc1C#CCO. The Morgan fingerprint density at radius 1 is 1.50 bits per heavy atom. The molecule has 2 nitrogen and oxygen atoms in total. The minimum absolute atomic E-state index is 0.0625. The number of hydrogen-bond acceptors (Lipinski definition) is 3. The Morgan fingerprint density at radius 3 is 3.06 bits per heavy atom. The number of aliphatic hydroxyl groups is 1. The first-order valence-corrected chi connectivity index (χ1v) is 7.56. The largest absolute Gasteiger partial charge is 0.384 e. The fourth-order valence-electron chi connectivity index (χ4n) is 2.72. The van der Waals surface area contributed by atoms with Crippen LogP contribution in [0, 0.1) is 11.8 Å². The molecule has 0 radical (unpaired) electrons. The van der Waals surface area contributed by atoms with E-state index in [9.17, 15) is 0 Å². The number of likely N-dealkylation sites (tertiary alicyclic amines) is 1. The van der Waals surface area contributed by atoms with E-state index in [1.165, 1.54) is 24.1 Å². The van der Waals surface area contributed by atoms with Crippen molar-refractivity contribution in [2.24, 2.45) is 0 Å². The van der Waals surface area contributed by atoms with E-state index in [1.54, 1.807) is 11.3 Å². The molecular weight excluding hydrogens is 242 g/mol. The summed E-state index contributed by atoms with van der Waals surface area (Å²) in [6.45, 7) is 5.54. The highest BCUT2D eigenvalue weighted by Gasteiger charge is 2.29. The first-order chi connectivity index (χ1) is 8.76. The van der Waals surface area contributed by atoms with E-state index in [4.69, 9.17) is 5.11 Å². The van der Waals surface area contributed by atoms with Crippen molar-refractivity contribution < 1.29 is 5.11 Å². The van der Waals surface area contributed by atoms with E-state index in [0.717, 1.165) is 18.2 Å². The molecular formula is C15H21NOS. The van der Waals surface area contributed by atoms with Gasteiger partial charge in [0.2, 0.25) is 0 Å². The van der Waals surface area contributed by atoms with Crippen LogP contribution in [0.25, 0.3) is 0 Å². The third-order valence-electron chi connectivity index (χ3n) is 3.80. The van der Waals surface area contributed by atoms with Crippen molar-refractivity contribution in [3.05, 3.63) is 21.9 Å². The smallest absolute Gasteiger partial charge is 0.104 e. The van der Waals surface area contributed by atoms with Gasteiger partial charge in [0.1, 0.15) is 6.61 Å². The van der Waals surface area contributed by atoms with Crippen LogP contribution in [0.5, 0.6) is 0 Å². The average molecular weight is 263 g/mol. The molecule has 1 aromatic heterocycles. The predicted octanol–water partition coefficient (Wildman–Crippen LogP) is 2.85. The third-order valence-corrected chi connectivity index (χ3v) is 4.70.